The Morgan fingerprint density at radius 2 is 1.94 bits per heavy atom. The first-order valence-corrected chi connectivity index (χ1v) is 8.29. The van der Waals surface area contributed by atoms with Gasteiger partial charge in [-0.15, -0.1) is 0 Å². The predicted molar refractivity (Wildman–Crippen MR) is 73.0 cm³/mol. The second-order valence-electron chi connectivity index (χ2n) is 5.40. The van der Waals surface area contributed by atoms with Gasteiger partial charge in [-0.1, -0.05) is 13.8 Å². The van der Waals surface area contributed by atoms with E-state index in [1.807, 2.05) is 13.8 Å². The van der Waals surface area contributed by atoms with Crippen molar-refractivity contribution in [1.82, 2.24) is 10.0 Å². The van der Waals surface area contributed by atoms with Crippen LogP contribution in [0.4, 0.5) is 0 Å². The monoisotopic (exact) mass is 278 g/mol. The van der Waals surface area contributed by atoms with Crippen molar-refractivity contribution in [3.05, 3.63) is 0 Å². The van der Waals surface area contributed by atoms with Gasteiger partial charge in [0.1, 0.15) is 0 Å². The van der Waals surface area contributed by atoms with Crippen molar-refractivity contribution >= 4 is 10.0 Å². The van der Waals surface area contributed by atoms with Crippen LogP contribution in [-0.2, 0) is 14.8 Å². The molecule has 0 aromatic heterocycles. The van der Waals surface area contributed by atoms with E-state index in [4.69, 9.17) is 4.74 Å². The first kappa shape index (κ1) is 15.9. The molecule has 6 heteroatoms. The van der Waals surface area contributed by atoms with Crippen molar-refractivity contribution < 1.29 is 13.2 Å². The second-order valence-corrected chi connectivity index (χ2v) is 7.20. The number of sulfonamides is 1. The lowest BCUT2D eigenvalue weighted by Crippen LogP contribution is -2.44. The Labute approximate surface area is 111 Å². The standard InChI is InChI=1S/C12H26N2O3S/c1-10(2)12(8-17-3)14-18(15,16)9-11-4-6-13-7-5-11/h10-14H,4-9H2,1-3H3. The largest absolute Gasteiger partial charge is 0.383 e. The summed E-state index contributed by atoms with van der Waals surface area (Å²) in [4.78, 5) is 0. The van der Waals surface area contributed by atoms with Gasteiger partial charge >= 0.3 is 0 Å². The molecule has 1 rings (SSSR count). The molecule has 0 aliphatic carbocycles. The maximum Gasteiger partial charge on any atom is 0.212 e. The first-order valence-electron chi connectivity index (χ1n) is 6.64. The number of piperidine rings is 1. The summed E-state index contributed by atoms with van der Waals surface area (Å²) in [5.41, 5.74) is 0. The third kappa shape index (κ3) is 5.65. The van der Waals surface area contributed by atoms with Crippen LogP contribution in [-0.4, -0.2) is 47.0 Å². The van der Waals surface area contributed by atoms with E-state index in [9.17, 15) is 8.42 Å². The highest BCUT2D eigenvalue weighted by Crippen LogP contribution is 2.14. The van der Waals surface area contributed by atoms with E-state index in [1.54, 1.807) is 7.11 Å². The highest BCUT2D eigenvalue weighted by Gasteiger charge is 2.25. The molecule has 1 heterocycles. The highest BCUT2D eigenvalue weighted by atomic mass is 32.2. The third-order valence-electron chi connectivity index (χ3n) is 3.40. The summed E-state index contributed by atoms with van der Waals surface area (Å²) in [6.45, 7) is 6.26. The van der Waals surface area contributed by atoms with E-state index in [-0.39, 0.29) is 23.6 Å². The normalized spacial score (nSPS) is 20.2. The average molecular weight is 278 g/mol. The van der Waals surface area contributed by atoms with Crippen molar-refractivity contribution in [2.45, 2.75) is 32.7 Å². The fraction of sp³-hybridized carbons (Fsp3) is 1.00. The predicted octanol–water partition coefficient (Wildman–Crippen LogP) is 0.576. The van der Waals surface area contributed by atoms with Crippen LogP contribution in [0, 0.1) is 11.8 Å². The summed E-state index contributed by atoms with van der Waals surface area (Å²) in [6.07, 6.45) is 1.88. The molecule has 1 fully saturated rings. The molecule has 0 radical (unpaired) electrons. The van der Waals surface area contributed by atoms with Gasteiger partial charge in [0.25, 0.3) is 0 Å². The fourth-order valence-corrected chi connectivity index (χ4v) is 4.03. The fourth-order valence-electron chi connectivity index (χ4n) is 2.18. The van der Waals surface area contributed by atoms with Crippen LogP contribution in [0.2, 0.25) is 0 Å². The van der Waals surface area contributed by atoms with Gasteiger partial charge in [-0.2, -0.15) is 0 Å². The number of rotatable bonds is 7. The summed E-state index contributed by atoms with van der Waals surface area (Å²) in [5, 5.41) is 3.24. The van der Waals surface area contributed by atoms with E-state index < -0.39 is 10.0 Å². The van der Waals surface area contributed by atoms with Gasteiger partial charge in [-0.3, -0.25) is 0 Å². The number of hydrogen-bond acceptors (Lipinski definition) is 4. The zero-order valence-electron chi connectivity index (χ0n) is 11.6. The summed E-state index contributed by atoms with van der Waals surface area (Å²) in [5.74, 6) is 0.744. The summed E-state index contributed by atoms with van der Waals surface area (Å²) in [7, 11) is -1.61. The molecule has 5 nitrogen and oxygen atoms in total. The van der Waals surface area contributed by atoms with Crippen LogP contribution in [0.5, 0.6) is 0 Å². The third-order valence-corrected chi connectivity index (χ3v) is 4.97. The molecule has 1 atom stereocenters. The molecule has 1 aliphatic heterocycles. The van der Waals surface area contributed by atoms with Crippen molar-refractivity contribution in [3.8, 4) is 0 Å². The Kier molecular flexibility index (Phi) is 6.55. The van der Waals surface area contributed by atoms with E-state index in [0.29, 0.717) is 6.61 Å². The average Bonchev–Trinajstić information content (AvgIpc) is 2.28. The van der Waals surface area contributed by atoms with Crippen molar-refractivity contribution in [2.75, 3.05) is 32.6 Å². The van der Waals surface area contributed by atoms with Gasteiger partial charge in [-0.05, 0) is 37.8 Å². The molecular formula is C12H26N2O3S. The van der Waals surface area contributed by atoms with Crippen LogP contribution >= 0.6 is 0 Å². The minimum Gasteiger partial charge on any atom is -0.383 e. The van der Waals surface area contributed by atoms with Crippen LogP contribution in [0.15, 0.2) is 0 Å². The van der Waals surface area contributed by atoms with Crippen LogP contribution in [0.3, 0.4) is 0 Å². The van der Waals surface area contributed by atoms with Crippen LogP contribution in [0.25, 0.3) is 0 Å². The van der Waals surface area contributed by atoms with Crippen molar-refractivity contribution in [2.24, 2.45) is 11.8 Å². The van der Waals surface area contributed by atoms with E-state index >= 15 is 0 Å². The zero-order valence-corrected chi connectivity index (χ0v) is 12.4. The van der Waals surface area contributed by atoms with Gasteiger partial charge < -0.3 is 10.1 Å². The molecule has 0 spiro atoms. The molecule has 18 heavy (non-hydrogen) atoms. The SMILES string of the molecule is COCC(NS(=O)(=O)CC1CCNCC1)C(C)C. The maximum atomic E-state index is 12.1. The van der Waals surface area contributed by atoms with Crippen molar-refractivity contribution in [1.29, 1.82) is 0 Å². The first-order chi connectivity index (χ1) is 8.44. The van der Waals surface area contributed by atoms with Gasteiger partial charge in [0.2, 0.25) is 10.0 Å². The van der Waals surface area contributed by atoms with E-state index in [1.165, 1.54) is 0 Å². The number of hydrogen-bond donors (Lipinski definition) is 2. The Hall–Kier alpha value is -0.170. The number of methoxy groups -OCH3 is 1. The molecule has 0 aromatic carbocycles. The Morgan fingerprint density at radius 1 is 1.33 bits per heavy atom. The quantitative estimate of drug-likeness (QED) is 0.715. The molecule has 0 amide bonds. The highest BCUT2D eigenvalue weighted by molar-refractivity contribution is 7.89. The van der Waals surface area contributed by atoms with Gasteiger partial charge in [0, 0.05) is 13.2 Å². The van der Waals surface area contributed by atoms with Gasteiger partial charge in [0.05, 0.1) is 12.4 Å². The molecule has 108 valence electrons. The lowest BCUT2D eigenvalue weighted by Gasteiger charge is -2.25. The minimum atomic E-state index is -3.21. The summed E-state index contributed by atoms with van der Waals surface area (Å²) >= 11 is 0. The van der Waals surface area contributed by atoms with E-state index in [2.05, 4.69) is 10.0 Å². The molecule has 0 bridgehead atoms. The molecular weight excluding hydrogens is 252 g/mol. The Balaban J connectivity index is 2.51. The lowest BCUT2D eigenvalue weighted by molar-refractivity contribution is 0.157. The second kappa shape index (κ2) is 7.43. The minimum absolute atomic E-state index is 0.137. The zero-order chi connectivity index (χ0) is 13.6. The number of nitrogens with one attached hydrogen (secondary N) is 2. The lowest BCUT2D eigenvalue weighted by atomic mass is 10.0. The maximum absolute atomic E-state index is 12.1. The Morgan fingerprint density at radius 3 is 2.44 bits per heavy atom. The molecule has 1 unspecified atom stereocenters. The molecule has 1 aliphatic rings. The van der Waals surface area contributed by atoms with Crippen LogP contribution in [0.1, 0.15) is 26.7 Å². The number of ether oxygens (including phenoxy) is 1. The summed E-state index contributed by atoms with van der Waals surface area (Å²) < 4.78 is 32.0. The van der Waals surface area contributed by atoms with E-state index in [0.717, 1.165) is 25.9 Å². The molecule has 0 saturated carbocycles. The Bertz CT molecular complexity index is 324. The van der Waals surface area contributed by atoms with Gasteiger partial charge in [0.15, 0.2) is 0 Å². The molecule has 2 N–H and O–H groups in total. The molecule has 0 aromatic rings. The van der Waals surface area contributed by atoms with Crippen LogP contribution < -0.4 is 10.0 Å². The summed E-state index contributed by atoms with van der Waals surface area (Å²) in [6, 6.07) is -0.137. The van der Waals surface area contributed by atoms with Crippen molar-refractivity contribution in [3.63, 3.8) is 0 Å². The van der Waals surface area contributed by atoms with Gasteiger partial charge in [-0.25, -0.2) is 13.1 Å². The topological polar surface area (TPSA) is 67.4 Å². The molecule has 1 saturated heterocycles. The smallest absolute Gasteiger partial charge is 0.212 e.